The van der Waals surface area contributed by atoms with Crippen LogP contribution in [0.3, 0.4) is 0 Å². The molecule has 6 heterocycles. The molecule has 380 valence electrons. The van der Waals surface area contributed by atoms with Gasteiger partial charge in [0.05, 0.1) is 28.2 Å². The lowest BCUT2D eigenvalue weighted by atomic mass is 10.1. The van der Waals surface area contributed by atoms with Gasteiger partial charge in [-0.05, 0) is 125 Å². The summed E-state index contributed by atoms with van der Waals surface area (Å²) in [6, 6.07) is 29.7. The van der Waals surface area contributed by atoms with E-state index in [2.05, 4.69) is 46.5 Å². The van der Waals surface area contributed by atoms with Crippen LogP contribution in [0.1, 0.15) is 58.2 Å². The molecule has 75 heavy (non-hydrogen) atoms. The third-order valence-electron chi connectivity index (χ3n) is 12.9. The minimum Gasteiger partial charge on any atom is -0.472 e. The number of aromatic nitrogens is 9. The maximum absolute atomic E-state index is 13.6. The quantitative estimate of drug-likeness (QED) is 0.0638. The minimum absolute atomic E-state index is 0.0354. The number of nitrogens with zero attached hydrogens (tertiary/aromatic N) is 9. The second-order valence-electron chi connectivity index (χ2n) is 18.0. The summed E-state index contributed by atoms with van der Waals surface area (Å²) in [6.07, 6.45) is 9.03. The van der Waals surface area contributed by atoms with Crippen molar-refractivity contribution in [3.63, 3.8) is 0 Å². The Morgan fingerprint density at radius 2 is 1.07 bits per heavy atom. The number of furan rings is 3. The van der Waals surface area contributed by atoms with Crippen LogP contribution >= 0.6 is 35.3 Å². The number of benzene rings is 3. The number of hydrogen-bond acceptors (Lipinski definition) is 16. The fourth-order valence-corrected chi connectivity index (χ4v) is 11.7. The number of rotatable bonds is 19. The van der Waals surface area contributed by atoms with Crippen molar-refractivity contribution in [2.75, 3.05) is 16.0 Å². The second kappa shape index (κ2) is 20.4. The Morgan fingerprint density at radius 3 is 1.59 bits per heavy atom. The molecule has 19 nitrogen and oxygen atoms in total. The molecule has 2 fully saturated rings. The number of para-hydroxylation sites is 1. The lowest BCUT2D eigenvalue weighted by Crippen LogP contribution is -2.27. The fraction of sp³-hybridized carbons (Fsp3) is 0.245. The van der Waals surface area contributed by atoms with Crippen LogP contribution in [0.25, 0.3) is 56.8 Å². The first-order chi connectivity index (χ1) is 36.4. The normalized spacial score (nSPS) is 14.6. The van der Waals surface area contributed by atoms with E-state index in [9.17, 15) is 19.2 Å². The summed E-state index contributed by atoms with van der Waals surface area (Å²) in [4.78, 5) is 53.0. The van der Waals surface area contributed by atoms with E-state index in [0.29, 0.717) is 87.3 Å². The van der Waals surface area contributed by atoms with Gasteiger partial charge in [0.2, 0.25) is 23.6 Å². The average molecular weight is 1060 g/mol. The van der Waals surface area contributed by atoms with Crippen molar-refractivity contribution < 1.29 is 32.4 Å². The Hall–Kier alpha value is -7.95. The molecule has 3 N–H and O–H groups in total. The van der Waals surface area contributed by atoms with Crippen LogP contribution < -0.4 is 16.0 Å². The molecule has 0 bridgehead atoms. The molecule has 1 unspecified atom stereocenters. The molecule has 11 rings (SSSR count). The lowest BCUT2D eigenvalue weighted by Gasteiger charge is -2.15. The molecule has 1 atom stereocenters. The Labute approximate surface area is 442 Å². The molecule has 0 spiro atoms. The molecule has 2 aliphatic rings. The number of carbonyl (C=O) groups is 4. The third kappa shape index (κ3) is 10.1. The largest absolute Gasteiger partial charge is 0.472 e. The van der Waals surface area contributed by atoms with E-state index in [1.807, 2.05) is 121 Å². The van der Waals surface area contributed by atoms with Gasteiger partial charge in [-0.25, -0.2) is 4.57 Å². The van der Waals surface area contributed by atoms with Crippen LogP contribution in [-0.4, -0.2) is 82.7 Å². The van der Waals surface area contributed by atoms with Crippen LogP contribution in [0.2, 0.25) is 0 Å². The highest BCUT2D eigenvalue weighted by Crippen LogP contribution is 2.53. The molecular weight excluding hydrogens is 1010 g/mol. The summed E-state index contributed by atoms with van der Waals surface area (Å²) in [5.41, 5.74) is 5.69. The molecule has 0 aliphatic heterocycles. The van der Waals surface area contributed by atoms with Crippen LogP contribution in [0.4, 0.5) is 17.1 Å². The van der Waals surface area contributed by atoms with Gasteiger partial charge in [0.15, 0.2) is 32.9 Å². The molecule has 2 saturated carbocycles. The maximum Gasteiger partial charge on any atom is 0.241 e. The van der Waals surface area contributed by atoms with E-state index in [-0.39, 0.29) is 23.6 Å². The summed E-state index contributed by atoms with van der Waals surface area (Å²) in [5, 5.41) is 36.6. The van der Waals surface area contributed by atoms with E-state index in [1.165, 1.54) is 59.3 Å². The molecule has 6 aromatic heterocycles. The number of anilines is 3. The molecule has 22 heteroatoms. The molecule has 0 radical (unpaired) electrons. The number of hydrogen-bond donors (Lipinski definition) is 3. The molecule has 2 aliphatic carbocycles. The predicted octanol–water partition coefficient (Wildman–Crippen LogP) is 10.9. The fourth-order valence-electron chi connectivity index (χ4n) is 8.38. The van der Waals surface area contributed by atoms with Crippen molar-refractivity contribution in [2.24, 2.45) is 0 Å². The zero-order chi connectivity index (χ0) is 51.8. The second-order valence-corrected chi connectivity index (χ2v) is 22.1. The predicted molar refractivity (Wildman–Crippen MR) is 285 cm³/mol. The average Bonchev–Trinajstić information content (AvgIpc) is 3.85. The summed E-state index contributed by atoms with van der Waals surface area (Å²) < 4.78 is 21.2. The lowest BCUT2D eigenvalue weighted by molar-refractivity contribution is -0.117. The van der Waals surface area contributed by atoms with E-state index >= 15 is 0 Å². The summed E-state index contributed by atoms with van der Waals surface area (Å²) in [7, 11) is 0. The van der Waals surface area contributed by atoms with Crippen LogP contribution in [0.15, 0.2) is 151 Å². The van der Waals surface area contributed by atoms with Gasteiger partial charge in [-0.3, -0.25) is 19.2 Å². The Morgan fingerprint density at radius 1 is 0.573 bits per heavy atom. The van der Waals surface area contributed by atoms with Gasteiger partial charge in [-0.1, -0.05) is 53.5 Å². The highest BCUT2D eigenvalue weighted by atomic mass is 32.2. The van der Waals surface area contributed by atoms with Crippen LogP contribution in [0, 0.1) is 0 Å². The highest BCUT2D eigenvalue weighted by Gasteiger charge is 2.53. The number of carbonyl (C=O) groups excluding carboxylic acids is 4. The Bertz CT molecular complexity index is 3560. The summed E-state index contributed by atoms with van der Waals surface area (Å²) >= 11 is 3.99. The Kier molecular flexibility index (Phi) is 13.4. The van der Waals surface area contributed by atoms with E-state index in [4.69, 9.17) is 13.3 Å². The molecule has 3 aromatic carbocycles. The van der Waals surface area contributed by atoms with Gasteiger partial charge in [-0.15, -0.1) is 30.6 Å². The first-order valence-electron chi connectivity index (χ1n) is 24.2. The number of thioether (sulfide) groups is 3. The van der Waals surface area contributed by atoms with Gasteiger partial charge in [0, 0.05) is 48.2 Å². The van der Waals surface area contributed by atoms with Crippen molar-refractivity contribution in [1.29, 1.82) is 0 Å². The smallest absolute Gasteiger partial charge is 0.241 e. The molecule has 0 saturated heterocycles. The maximum atomic E-state index is 13.6. The van der Waals surface area contributed by atoms with Crippen molar-refractivity contribution in [3.05, 3.63) is 122 Å². The standard InChI is InChI=1S/C53H48N12O7S3/c1-5-63-43(36-26-41(71-29-36)34-14-18-40(19-15-34)56-48(69)53(23-24-53)75-51-62-59-45(65(51)32(4)66)35-20-25-70-28-35)57-60-49(63)73-31(3)46(67)54-39-16-12-33(13-17-39)42-27-37(30-72-42)44-58-61-50(64(44)6-2)74-52(21-22-52)47(68)55-38-10-8-7-9-11-38/h7-20,25-31H,5-6,21-24H2,1-4H3,(H,54,67)(H,55,68)(H,56,69). The summed E-state index contributed by atoms with van der Waals surface area (Å²) in [5.74, 6) is 2.13. The van der Waals surface area contributed by atoms with Crippen molar-refractivity contribution in [2.45, 2.75) is 96.7 Å². The molecular formula is C53H48N12O7S3. The van der Waals surface area contributed by atoms with Gasteiger partial charge in [0.1, 0.15) is 39.8 Å². The SMILES string of the molecule is CCn1c(SC(C)C(=O)Nc2ccc(-c3cc(-c4nnc(SC5(C(=O)Nc6ccccc6)CC5)n4CC)co3)cc2)nnc1-c1coc(-c2ccc(NC(=O)C3(Sc4nnc(-c5ccoc5)n4C(C)=O)CC3)cc2)c1. The zero-order valence-electron chi connectivity index (χ0n) is 41.0. The first-order valence-corrected chi connectivity index (χ1v) is 26.7. The van der Waals surface area contributed by atoms with Crippen molar-refractivity contribution >= 4 is 76.0 Å². The summed E-state index contributed by atoms with van der Waals surface area (Å²) in [6.45, 7) is 8.41. The van der Waals surface area contributed by atoms with Gasteiger partial charge in [-0.2, -0.15) is 0 Å². The zero-order valence-corrected chi connectivity index (χ0v) is 43.4. The van der Waals surface area contributed by atoms with E-state index in [0.717, 1.165) is 40.8 Å². The third-order valence-corrected chi connectivity index (χ3v) is 16.8. The van der Waals surface area contributed by atoms with Crippen LogP contribution in [-0.2, 0) is 27.5 Å². The van der Waals surface area contributed by atoms with Crippen LogP contribution in [0.5, 0.6) is 0 Å². The molecule has 9 aromatic rings. The number of amides is 3. The first kappa shape index (κ1) is 49.3. The monoisotopic (exact) mass is 1060 g/mol. The van der Waals surface area contributed by atoms with E-state index in [1.54, 1.807) is 18.6 Å². The van der Waals surface area contributed by atoms with Gasteiger partial charge >= 0.3 is 0 Å². The van der Waals surface area contributed by atoms with Gasteiger partial charge in [0.25, 0.3) is 0 Å². The number of nitrogens with one attached hydrogen (secondary N) is 3. The van der Waals surface area contributed by atoms with E-state index < -0.39 is 14.7 Å². The van der Waals surface area contributed by atoms with Crippen molar-refractivity contribution in [1.82, 2.24) is 44.3 Å². The van der Waals surface area contributed by atoms with Crippen molar-refractivity contribution in [3.8, 4) is 56.8 Å². The minimum atomic E-state index is -0.781. The van der Waals surface area contributed by atoms with Gasteiger partial charge < -0.3 is 38.3 Å². The highest BCUT2D eigenvalue weighted by molar-refractivity contribution is 8.02. The topological polar surface area (TPSA) is 236 Å². The molecule has 3 amide bonds. The Balaban J connectivity index is 0.685.